The average Bonchev–Trinajstić information content (AvgIpc) is 2.61. The summed E-state index contributed by atoms with van der Waals surface area (Å²) in [6.45, 7) is 4.69. The molecule has 5 nitrogen and oxygen atoms in total. The fourth-order valence-corrected chi connectivity index (χ4v) is 2.78. The molecule has 2 heterocycles. The second-order valence-electron chi connectivity index (χ2n) is 5.25. The van der Waals surface area contributed by atoms with Gasteiger partial charge in [0.15, 0.2) is 11.5 Å². The van der Waals surface area contributed by atoms with E-state index in [1.165, 1.54) is 0 Å². The summed E-state index contributed by atoms with van der Waals surface area (Å²) in [6, 6.07) is 7.25. The molecule has 0 N–H and O–H groups in total. The van der Waals surface area contributed by atoms with Gasteiger partial charge in [-0.15, -0.1) is 0 Å². The van der Waals surface area contributed by atoms with Crippen LogP contribution in [0.5, 0.6) is 11.5 Å². The summed E-state index contributed by atoms with van der Waals surface area (Å²) in [5, 5.41) is 0. The number of amides is 1. The molecule has 1 aliphatic rings. The normalized spacial score (nSPS) is 13.5. The van der Waals surface area contributed by atoms with Gasteiger partial charge in [0.05, 0.1) is 14.2 Å². The number of hydrogen-bond acceptors (Lipinski definition) is 4. The third kappa shape index (κ3) is 2.65. The van der Waals surface area contributed by atoms with E-state index in [0.29, 0.717) is 29.3 Å². The third-order valence-electron chi connectivity index (χ3n) is 4.02. The first-order valence-electron chi connectivity index (χ1n) is 7.31. The molecular weight excluding hydrogens is 292 g/mol. The minimum absolute atomic E-state index is 0.0714. The molecule has 1 aliphatic heterocycles. The Morgan fingerprint density at radius 3 is 2.48 bits per heavy atom. The summed E-state index contributed by atoms with van der Waals surface area (Å²) < 4.78 is 10.7. The molecule has 0 radical (unpaired) electrons. The van der Waals surface area contributed by atoms with Crippen LogP contribution < -0.4 is 9.47 Å². The van der Waals surface area contributed by atoms with Gasteiger partial charge < -0.3 is 14.4 Å². The highest BCUT2D eigenvalue weighted by Gasteiger charge is 2.27. The van der Waals surface area contributed by atoms with Gasteiger partial charge in [0, 0.05) is 35.8 Å². The van der Waals surface area contributed by atoms with Gasteiger partial charge in [0.2, 0.25) is 0 Å². The van der Waals surface area contributed by atoms with E-state index in [1.54, 1.807) is 43.6 Å². The van der Waals surface area contributed by atoms with Crippen LogP contribution in [0.4, 0.5) is 0 Å². The van der Waals surface area contributed by atoms with Crippen molar-refractivity contribution in [1.29, 1.82) is 0 Å². The number of carbonyl (C=O) groups is 1. The SMILES string of the molecule is C=C1c2cc(OC)c(OC)cc2CCN1C(=O)c1ccncc1. The Morgan fingerprint density at radius 1 is 1.17 bits per heavy atom. The minimum Gasteiger partial charge on any atom is -0.493 e. The summed E-state index contributed by atoms with van der Waals surface area (Å²) in [7, 11) is 3.21. The van der Waals surface area contributed by atoms with Gasteiger partial charge in [-0.1, -0.05) is 6.58 Å². The molecule has 0 saturated carbocycles. The van der Waals surface area contributed by atoms with Gasteiger partial charge in [0.1, 0.15) is 0 Å². The topological polar surface area (TPSA) is 51.7 Å². The molecule has 2 aromatic rings. The standard InChI is InChI=1S/C18H18N2O3/c1-12-15-11-17(23-3)16(22-2)10-14(15)6-9-20(12)18(21)13-4-7-19-8-5-13/h4-5,7-8,10-11H,1,6,9H2,2-3H3. The van der Waals surface area contributed by atoms with Gasteiger partial charge in [-0.05, 0) is 36.2 Å². The van der Waals surface area contributed by atoms with Gasteiger partial charge in [-0.25, -0.2) is 0 Å². The monoisotopic (exact) mass is 310 g/mol. The van der Waals surface area contributed by atoms with E-state index < -0.39 is 0 Å². The Hall–Kier alpha value is -2.82. The van der Waals surface area contributed by atoms with E-state index in [1.807, 2.05) is 12.1 Å². The second-order valence-corrected chi connectivity index (χ2v) is 5.25. The third-order valence-corrected chi connectivity index (χ3v) is 4.02. The van der Waals surface area contributed by atoms with Gasteiger partial charge in [-0.3, -0.25) is 9.78 Å². The number of methoxy groups -OCH3 is 2. The van der Waals surface area contributed by atoms with Gasteiger partial charge >= 0.3 is 0 Å². The number of rotatable bonds is 3. The predicted molar refractivity (Wildman–Crippen MR) is 87.6 cm³/mol. The summed E-state index contributed by atoms with van der Waals surface area (Å²) in [5.74, 6) is 1.25. The van der Waals surface area contributed by atoms with E-state index in [0.717, 1.165) is 17.5 Å². The van der Waals surface area contributed by atoms with E-state index in [2.05, 4.69) is 11.6 Å². The molecule has 1 aromatic carbocycles. The largest absolute Gasteiger partial charge is 0.493 e. The number of carbonyl (C=O) groups excluding carboxylic acids is 1. The zero-order valence-corrected chi connectivity index (χ0v) is 13.2. The number of hydrogen-bond donors (Lipinski definition) is 0. The van der Waals surface area contributed by atoms with Crippen molar-refractivity contribution >= 4 is 11.6 Å². The Morgan fingerprint density at radius 2 is 1.83 bits per heavy atom. The van der Waals surface area contributed by atoms with E-state index >= 15 is 0 Å². The van der Waals surface area contributed by atoms with Gasteiger partial charge in [-0.2, -0.15) is 0 Å². The van der Waals surface area contributed by atoms with Crippen LogP contribution in [-0.4, -0.2) is 36.6 Å². The number of fused-ring (bicyclic) bond motifs is 1. The summed E-state index contributed by atoms with van der Waals surface area (Å²) in [5.41, 5.74) is 3.29. The minimum atomic E-state index is -0.0714. The summed E-state index contributed by atoms with van der Waals surface area (Å²) in [6.07, 6.45) is 3.97. The Labute approximate surface area is 135 Å². The molecule has 0 atom stereocenters. The second kappa shape index (κ2) is 6.12. The molecule has 1 aromatic heterocycles. The van der Waals surface area contributed by atoms with Crippen molar-refractivity contribution in [2.45, 2.75) is 6.42 Å². The molecule has 0 unspecified atom stereocenters. The summed E-state index contributed by atoms with van der Waals surface area (Å²) >= 11 is 0. The zero-order chi connectivity index (χ0) is 16.4. The highest BCUT2D eigenvalue weighted by molar-refractivity contribution is 6.00. The Kier molecular flexibility index (Phi) is 4.02. The van der Waals surface area contributed by atoms with Crippen LogP contribution in [-0.2, 0) is 6.42 Å². The molecule has 0 aliphatic carbocycles. The van der Waals surface area contributed by atoms with Crippen molar-refractivity contribution in [3.05, 3.63) is 59.9 Å². The molecule has 0 bridgehead atoms. The summed E-state index contributed by atoms with van der Waals surface area (Å²) in [4.78, 5) is 18.3. The first-order valence-corrected chi connectivity index (χ1v) is 7.31. The fourth-order valence-electron chi connectivity index (χ4n) is 2.78. The lowest BCUT2D eigenvalue weighted by Gasteiger charge is -2.31. The van der Waals surface area contributed by atoms with Crippen LogP contribution in [0.25, 0.3) is 5.70 Å². The van der Waals surface area contributed by atoms with Crippen LogP contribution in [0.3, 0.4) is 0 Å². The smallest absolute Gasteiger partial charge is 0.258 e. The lowest BCUT2D eigenvalue weighted by atomic mass is 9.95. The van der Waals surface area contributed by atoms with E-state index in [-0.39, 0.29) is 5.91 Å². The molecule has 23 heavy (non-hydrogen) atoms. The van der Waals surface area contributed by atoms with Crippen molar-refractivity contribution in [2.24, 2.45) is 0 Å². The molecule has 118 valence electrons. The lowest BCUT2D eigenvalue weighted by Crippen LogP contribution is -2.34. The van der Waals surface area contributed by atoms with Crippen LogP contribution >= 0.6 is 0 Å². The molecule has 0 spiro atoms. The first kappa shape index (κ1) is 15.1. The number of nitrogens with zero attached hydrogens (tertiary/aromatic N) is 2. The van der Waals surface area contributed by atoms with Crippen LogP contribution in [0.1, 0.15) is 21.5 Å². The fraction of sp³-hybridized carbons (Fsp3) is 0.222. The zero-order valence-electron chi connectivity index (χ0n) is 13.2. The molecule has 5 heteroatoms. The molecule has 0 saturated heterocycles. The van der Waals surface area contributed by atoms with Crippen LogP contribution in [0.15, 0.2) is 43.2 Å². The number of aromatic nitrogens is 1. The van der Waals surface area contributed by atoms with Crippen LogP contribution in [0, 0.1) is 0 Å². The maximum atomic E-state index is 12.7. The molecule has 0 fully saturated rings. The highest BCUT2D eigenvalue weighted by Crippen LogP contribution is 2.37. The maximum Gasteiger partial charge on any atom is 0.258 e. The van der Waals surface area contributed by atoms with Crippen molar-refractivity contribution in [1.82, 2.24) is 9.88 Å². The highest BCUT2D eigenvalue weighted by atomic mass is 16.5. The quantitative estimate of drug-likeness (QED) is 0.875. The molecule has 1 amide bonds. The number of ether oxygens (including phenoxy) is 2. The number of benzene rings is 1. The molecule has 3 rings (SSSR count). The van der Waals surface area contributed by atoms with E-state index in [9.17, 15) is 4.79 Å². The predicted octanol–water partition coefficient (Wildman–Crippen LogP) is 2.77. The Bertz CT molecular complexity index is 756. The lowest BCUT2D eigenvalue weighted by molar-refractivity contribution is 0.0833. The average molecular weight is 310 g/mol. The van der Waals surface area contributed by atoms with Gasteiger partial charge in [0.25, 0.3) is 5.91 Å². The molecular formula is C18H18N2O3. The first-order chi connectivity index (χ1) is 11.2. The van der Waals surface area contributed by atoms with Crippen molar-refractivity contribution in [3.8, 4) is 11.5 Å². The van der Waals surface area contributed by atoms with Crippen LogP contribution in [0.2, 0.25) is 0 Å². The maximum absolute atomic E-state index is 12.7. The number of pyridine rings is 1. The van der Waals surface area contributed by atoms with Crippen molar-refractivity contribution in [2.75, 3.05) is 20.8 Å². The van der Waals surface area contributed by atoms with E-state index in [4.69, 9.17) is 9.47 Å². The van der Waals surface area contributed by atoms with Crippen molar-refractivity contribution < 1.29 is 14.3 Å². The van der Waals surface area contributed by atoms with Crippen molar-refractivity contribution in [3.63, 3.8) is 0 Å². The Balaban J connectivity index is 1.96.